The zero-order chi connectivity index (χ0) is 19.2. The number of hydrogen-bond acceptors (Lipinski definition) is 3. The van der Waals surface area contributed by atoms with Crippen LogP contribution in [0.1, 0.15) is 68.3 Å². The van der Waals surface area contributed by atoms with E-state index in [-0.39, 0.29) is 0 Å². The van der Waals surface area contributed by atoms with Crippen LogP contribution in [0.15, 0.2) is 53.5 Å². The molecular formula is C22H31N3O. The number of para-hydroxylation sites is 2. The summed E-state index contributed by atoms with van der Waals surface area (Å²) in [4.78, 5) is 15.4. The molecule has 2 rings (SSSR count). The van der Waals surface area contributed by atoms with Crippen LogP contribution in [0.3, 0.4) is 0 Å². The minimum atomic E-state index is -0.539. The molecule has 26 heavy (non-hydrogen) atoms. The summed E-state index contributed by atoms with van der Waals surface area (Å²) < 4.78 is 0. The highest BCUT2D eigenvalue weighted by atomic mass is 16.1. The first-order chi connectivity index (χ1) is 12.6. The first-order valence-electron chi connectivity index (χ1n) is 9.37. The van der Waals surface area contributed by atoms with Gasteiger partial charge < -0.3 is 11.5 Å². The van der Waals surface area contributed by atoms with E-state index in [2.05, 4.69) is 18.8 Å². The second-order valence-electron chi connectivity index (χ2n) is 6.18. The predicted molar refractivity (Wildman–Crippen MR) is 112 cm³/mol. The number of carbonyl (C=O) groups is 1. The third kappa shape index (κ3) is 7.97. The van der Waals surface area contributed by atoms with Gasteiger partial charge >= 0.3 is 0 Å². The van der Waals surface area contributed by atoms with E-state index < -0.39 is 5.91 Å². The van der Waals surface area contributed by atoms with Crippen molar-refractivity contribution in [3.8, 4) is 0 Å². The van der Waals surface area contributed by atoms with Gasteiger partial charge in [-0.15, -0.1) is 0 Å². The molecule has 4 N–H and O–H groups in total. The molecular weight excluding hydrogens is 322 g/mol. The SMILES string of the molecule is CCCCCCCC.NC(=O)c1cccc(C=Nc2ccccc2)c1N. The third-order valence-corrected chi connectivity index (χ3v) is 3.97. The molecule has 4 nitrogen and oxygen atoms in total. The van der Waals surface area contributed by atoms with Gasteiger partial charge in [-0.2, -0.15) is 0 Å². The highest BCUT2D eigenvalue weighted by Gasteiger charge is 2.07. The van der Waals surface area contributed by atoms with Crippen LogP contribution in [0.25, 0.3) is 0 Å². The molecule has 2 aromatic carbocycles. The zero-order valence-electron chi connectivity index (χ0n) is 15.9. The first kappa shape index (κ1) is 21.4. The van der Waals surface area contributed by atoms with Crippen LogP contribution >= 0.6 is 0 Å². The molecule has 0 fully saturated rings. The van der Waals surface area contributed by atoms with E-state index in [9.17, 15) is 4.79 Å². The second-order valence-corrected chi connectivity index (χ2v) is 6.18. The molecule has 4 heteroatoms. The maximum Gasteiger partial charge on any atom is 0.250 e. The van der Waals surface area contributed by atoms with Gasteiger partial charge in [0.25, 0.3) is 5.91 Å². The molecule has 2 aromatic rings. The summed E-state index contributed by atoms with van der Waals surface area (Å²) in [6, 6.07) is 14.6. The van der Waals surface area contributed by atoms with Gasteiger partial charge in [-0.05, 0) is 18.2 Å². The van der Waals surface area contributed by atoms with E-state index in [1.807, 2.05) is 30.3 Å². The fraction of sp³-hybridized carbons (Fsp3) is 0.364. The minimum absolute atomic E-state index is 0.312. The van der Waals surface area contributed by atoms with Crippen LogP contribution in [-0.4, -0.2) is 12.1 Å². The summed E-state index contributed by atoms with van der Waals surface area (Å²) in [7, 11) is 0. The molecule has 0 radical (unpaired) electrons. The van der Waals surface area contributed by atoms with Crippen LogP contribution < -0.4 is 11.5 Å². The van der Waals surface area contributed by atoms with Crippen molar-refractivity contribution >= 4 is 23.5 Å². The van der Waals surface area contributed by atoms with Crippen molar-refractivity contribution in [3.63, 3.8) is 0 Å². The average molecular weight is 354 g/mol. The molecule has 0 atom stereocenters. The molecule has 0 saturated heterocycles. The lowest BCUT2D eigenvalue weighted by molar-refractivity contribution is 0.100. The Bertz CT molecular complexity index is 675. The Morgan fingerprint density at radius 2 is 1.54 bits per heavy atom. The van der Waals surface area contributed by atoms with Gasteiger partial charge in [0.15, 0.2) is 0 Å². The summed E-state index contributed by atoms with van der Waals surface area (Å²) in [5, 5.41) is 0. The predicted octanol–water partition coefficient (Wildman–Crippen LogP) is 5.49. The molecule has 0 unspecified atom stereocenters. The molecule has 0 aliphatic rings. The van der Waals surface area contributed by atoms with Gasteiger partial charge in [-0.25, -0.2) is 0 Å². The van der Waals surface area contributed by atoms with E-state index >= 15 is 0 Å². The lowest BCUT2D eigenvalue weighted by Gasteiger charge is -2.04. The number of nitrogens with two attached hydrogens (primary N) is 2. The van der Waals surface area contributed by atoms with Crippen molar-refractivity contribution in [2.45, 2.75) is 52.4 Å². The van der Waals surface area contributed by atoms with Crippen molar-refractivity contribution in [1.82, 2.24) is 0 Å². The number of anilines is 1. The summed E-state index contributed by atoms with van der Waals surface area (Å²) >= 11 is 0. The van der Waals surface area contributed by atoms with Crippen LogP contribution in [0.4, 0.5) is 11.4 Å². The van der Waals surface area contributed by atoms with Crippen molar-refractivity contribution in [2.24, 2.45) is 10.7 Å². The van der Waals surface area contributed by atoms with Crippen LogP contribution in [0.2, 0.25) is 0 Å². The number of primary amides is 1. The Kier molecular flexibility index (Phi) is 10.5. The molecule has 0 spiro atoms. The molecule has 0 heterocycles. The average Bonchev–Trinajstić information content (AvgIpc) is 2.66. The number of amides is 1. The standard InChI is InChI=1S/C14H13N3O.C8H18/c15-13-10(5-4-8-12(13)14(16)18)9-17-11-6-2-1-3-7-11;1-3-5-7-8-6-4-2/h1-9H,15H2,(H2,16,18);3-8H2,1-2H3. The molecule has 0 saturated carbocycles. The summed E-state index contributed by atoms with van der Waals surface area (Å²) in [5.41, 5.74) is 13.2. The number of nitrogen functional groups attached to an aromatic ring is 1. The number of aliphatic imine (C=N–C) groups is 1. The Morgan fingerprint density at radius 3 is 2.08 bits per heavy atom. The van der Waals surface area contributed by atoms with Crippen molar-refractivity contribution in [1.29, 1.82) is 0 Å². The van der Waals surface area contributed by atoms with Gasteiger partial charge in [-0.3, -0.25) is 9.79 Å². The lowest BCUT2D eigenvalue weighted by Crippen LogP contribution is -2.14. The largest absolute Gasteiger partial charge is 0.398 e. The normalized spacial score (nSPS) is 10.4. The van der Waals surface area contributed by atoms with E-state index in [0.29, 0.717) is 16.8 Å². The lowest BCUT2D eigenvalue weighted by atomic mass is 10.1. The highest BCUT2D eigenvalue weighted by molar-refractivity contribution is 6.02. The van der Waals surface area contributed by atoms with Gasteiger partial charge in [0.05, 0.1) is 16.9 Å². The second kappa shape index (κ2) is 12.7. The molecule has 0 aromatic heterocycles. The number of hydrogen-bond donors (Lipinski definition) is 2. The Hall–Kier alpha value is -2.62. The van der Waals surface area contributed by atoms with Crippen molar-refractivity contribution in [2.75, 3.05) is 5.73 Å². The minimum Gasteiger partial charge on any atom is -0.398 e. The fourth-order valence-corrected chi connectivity index (χ4v) is 2.42. The van der Waals surface area contributed by atoms with Crippen LogP contribution in [0.5, 0.6) is 0 Å². The fourth-order valence-electron chi connectivity index (χ4n) is 2.42. The summed E-state index contributed by atoms with van der Waals surface area (Å²) in [6.45, 7) is 4.51. The Morgan fingerprint density at radius 1 is 0.923 bits per heavy atom. The first-order valence-corrected chi connectivity index (χ1v) is 9.37. The quantitative estimate of drug-likeness (QED) is 0.374. The number of unbranched alkanes of at least 4 members (excludes halogenated alkanes) is 5. The molecule has 0 aliphatic carbocycles. The van der Waals surface area contributed by atoms with Gasteiger partial charge in [0.2, 0.25) is 0 Å². The van der Waals surface area contributed by atoms with Crippen LogP contribution in [-0.2, 0) is 0 Å². The smallest absolute Gasteiger partial charge is 0.250 e. The Balaban J connectivity index is 0.000000359. The maximum absolute atomic E-state index is 11.1. The van der Waals surface area contributed by atoms with Crippen molar-refractivity contribution < 1.29 is 4.79 Å². The summed E-state index contributed by atoms with van der Waals surface area (Å²) in [5.74, 6) is -0.539. The van der Waals surface area contributed by atoms with Crippen molar-refractivity contribution in [3.05, 3.63) is 59.7 Å². The number of nitrogens with zero attached hydrogens (tertiary/aromatic N) is 1. The zero-order valence-corrected chi connectivity index (χ0v) is 15.9. The van der Waals surface area contributed by atoms with E-state index in [0.717, 1.165) is 5.69 Å². The summed E-state index contributed by atoms with van der Waals surface area (Å²) in [6.07, 6.45) is 10.1. The Labute approximate surface area is 157 Å². The monoisotopic (exact) mass is 353 g/mol. The van der Waals surface area contributed by atoms with E-state index in [1.165, 1.54) is 38.5 Å². The topological polar surface area (TPSA) is 81.5 Å². The maximum atomic E-state index is 11.1. The number of rotatable bonds is 8. The number of benzene rings is 2. The highest BCUT2D eigenvalue weighted by Crippen LogP contribution is 2.17. The number of carbonyl (C=O) groups excluding carboxylic acids is 1. The van der Waals surface area contributed by atoms with Gasteiger partial charge in [0.1, 0.15) is 0 Å². The van der Waals surface area contributed by atoms with Gasteiger partial charge in [0, 0.05) is 11.8 Å². The molecule has 1 amide bonds. The van der Waals surface area contributed by atoms with Crippen LogP contribution in [0, 0.1) is 0 Å². The third-order valence-electron chi connectivity index (χ3n) is 3.97. The molecule has 0 bridgehead atoms. The molecule has 0 aliphatic heterocycles. The van der Waals surface area contributed by atoms with E-state index in [1.54, 1.807) is 24.4 Å². The molecule has 140 valence electrons. The van der Waals surface area contributed by atoms with Gasteiger partial charge in [-0.1, -0.05) is 82.7 Å². The van der Waals surface area contributed by atoms with E-state index in [4.69, 9.17) is 11.5 Å².